The number of imidazole rings is 2. The summed E-state index contributed by atoms with van der Waals surface area (Å²) < 4.78 is 11.8. The number of nitrogens with one attached hydrogen (secondary N) is 4. The van der Waals surface area contributed by atoms with E-state index in [9.17, 15) is 24.0 Å². The minimum absolute atomic E-state index is 0.0303. The maximum atomic E-state index is 11.3. The maximum Gasteiger partial charge on any atom is 0.407 e. The van der Waals surface area contributed by atoms with E-state index in [1.807, 2.05) is 30.5 Å². The standard InChI is InChI=1S/C15H11N5O2.C8H14N2O3.C8H14N2O2.C4H10.C3H8/c21-9-18-14-7-20-6-13(22-15(20)19-14)11-3-1-10(2-4-11)12-5-16-8-17-12;1-13-8(12)9-6-7(11)10-4-2-3-5-10;1-7(11)9-6-8(12)10-4-2-3-5-10;1-4(2)3;1-3-2/h1-9H,(H,16,17)(H,18,21);2-6H2,1H3,(H,9,12);2-6H2,1H3,(H,9,11);4H,1-3H3;3H2,1-2H3. The second kappa shape index (κ2) is 24.5. The molecule has 2 saturated heterocycles. The van der Waals surface area contributed by atoms with Crippen LogP contribution in [0.1, 0.15) is 73.6 Å². The molecule has 2 aliphatic heterocycles. The Morgan fingerprint density at radius 3 is 1.85 bits per heavy atom. The van der Waals surface area contributed by atoms with Gasteiger partial charge in [-0.05, 0) is 37.2 Å². The lowest BCUT2D eigenvalue weighted by molar-refractivity contribution is -0.131. The summed E-state index contributed by atoms with van der Waals surface area (Å²) in [5.74, 6) is 2.26. The maximum absolute atomic E-state index is 11.3. The van der Waals surface area contributed by atoms with Crippen LogP contribution in [0.15, 0.2) is 53.6 Å². The lowest BCUT2D eigenvalue weighted by Gasteiger charge is -2.14. The van der Waals surface area contributed by atoms with Gasteiger partial charge in [-0.2, -0.15) is 4.98 Å². The monoisotopic (exact) mass is 751 g/mol. The van der Waals surface area contributed by atoms with Crippen molar-refractivity contribution in [2.45, 2.75) is 73.6 Å². The number of alkyl carbamates (subject to hydrolysis) is 1. The molecule has 0 unspecified atom stereocenters. The van der Waals surface area contributed by atoms with Gasteiger partial charge < -0.3 is 39.9 Å². The Morgan fingerprint density at radius 2 is 1.41 bits per heavy atom. The summed E-state index contributed by atoms with van der Waals surface area (Å²) in [6.07, 6.45) is 12.5. The van der Waals surface area contributed by atoms with E-state index in [0.29, 0.717) is 23.8 Å². The third-order valence-electron chi connectivity index (χ3n) is 7.32. The van der Waals surface area contributed by atoms with E-state index in [1.165, 1.54) is 20.5 Å². The largest absolute Gasteiger partial charge is 0.453 e. The smallest absolute Gasteiger partial charge is 0.407 e. The second-order valence-electron chi connectivity index (χ2n) is 13.1. The molecule has 16 heteroatoms. The van der Waals surface area contributed by atoms with Crippen molar-refractivity contribution in [3.8, 4) is 22.6 Å². The number of hydrogen-bond acceptors (Lipinski definition) is 9. The van der Waals surface area contributed by atoms with Crippen LogP contribution in [0.2, 0.25) is 0 Å². The van der Waals surface area contributed by atoms with Crippen molar-refractivity contribution in [3.05, 3.63) is 49.2 Å². The van der Waals surface area contributed by atoms with E-state index >= 15 is 0 Å². The average molecular weight is 752 g/mol. The summed E-state index contributed by atoms with van der Waals surface area (Å²) in [6.45, 7) is 15.7. The highest BCUT2D eigenvalue weighted by molar-refractivity contribution is 5.84. The minimum atomic E-state index is -0.562. The summed E-state index contributed by atoms with van der Waals surface area (Å²) in [4.78, 5) is 68.8. The number of oxazole rings is 1. The Hall–Kier alpha value is -5.67. The van der Waals surface area contributed by atoms with Gasteiger partial charge in [-0.15, -0.1) is 0 Å². The van der Waals surface area contributed by atoms with Gasteiger partial charge >= 0.3 is 11.9 Å². The van der Waals surface area contributed by atoms with Gasteiger partial charge in [0.1, 0.15) is 6.54 Å². The number of carbonyl (C=O) groups is 5. The molecular formula is C38H57N9O7. The van der Waals surface area contributed by atoms with Gasteiger partial charge in [-0.3, -0.25) is 23.6 Å². The molecule has 0 atom stereocenters. The zero-order chi connectivity index (χ0) is 39.9. The molecule has 4 N–H and O–H groups in total. The summed E-state index contributed by atoms with van der Waals surface area (Å²) in [5.41, 5.74) is 2.96. The quantitative estimate of drug-likeness (QED) is 0.172. The SMILES string of the molecule is CC(=O)NCC(=O)N1CCCC1.CC(C)C.CCC.COC(=O)NCC(=O)N1CCCC1.O=CNc1cn2cc(-c3ccc(-c4cnc[nH]4)cc3)oc2n1. The number of aromatic nitrogens is 4. The van der Waals surface area contributed by atoms with Crippen molar-refractivity contribution in [2.24, 2.45) is 5.92 Å². The predicted octanol–water partition coefficient (Wildman–Crippen LogP) is 5.34. The Bertz CT molecular complexity index is 1650. The number of benzene rings is 1. The van der Waals surface area contributed by atoms with Gasteiger partial charge in [0.2, 0.25) is 24.1 Å². The molecule has 296 valence electrons. The molecular weight excluding hydrogens is 694 g/mol. The number of likely N-dealkylation sites (tertiary alicyclic amines) is 2. The number of amides is 5. The molecule has 2 fully saturated rings. The zero-order valence-corrected chi connectivity index (χ0v) is 32.6. The molecule has 16 nitrogen and oxygen atoms in total. The number of carbonyl (C=O) groups excluding carboxylic acids is 5. The summed E-state index contributed by atoms with van der Waals surface area (Å²) in [6, 6.07) is 7.93. The van der Waals surface area contributed by atoms with Gasteiger partial charge in [-0.25, -0.2) is 9.78 Å². The number of aromatic amines is 1. The van der Waals surface area contributed by atoms with Crippen molar-refractivity contribution in [2.75, 3.05) is 51.7 Å². The first kappa shape index (κ1) is 44.5. The van der Waals surface area contributed by atoms with E-state index in [4.69, 9.17) is 4.42 Å². The van der Waals surface area contributed by atoms with Gasteiger partial charge in [0, 0.05) is 38.7 Å². The van der Waals surface area contributed by atoms with Gasteiger partial charge in [0.25, 0.3) is 0 Å². The molecule has 0 radical (unpaired) electrons. The van der Waals surface area contributed by atoms with Crippen LogP contribution in [0.3, 0.4) is 0 Å². The first-order chi connectivity index (χ1) is 25.9. The highest BCUT2D eigenvalue weighted by atomic mass is 16.5. The van der Waals surface area contributed by atoms with E-state index in [1.54, 1.807) is 32.9 Å². The molecule has 1 aromatic carbocycles. The third-order valence-corrected chi connectivity index (χ3v) is 7.32. The van der Waals surface area contributed by atoms with E-state index in [-0.39, 0.29) is 30.8 Å². The Labute approximate surface area is 317 Å². The van der Waals surface area contributed by atoms with E-state index in [2.05, 4.69) is 70.3 Å². The highest BCUT2D eigenvalue weighted by Gasteiger charge is 2.18. The summed E-state index contributed by atoms with van der Waals surface area (Å²) >= 11 is 0. The zero-order valence-electron chi connectivity index (χ0n) is 32.6. The second-order valence-corrected chi connectivity index (χ2v) is 13.1. The number of nitrogens with zero attached hydrogens (tertiary/aromatic N) is 5. The van der Waals surface area contributed by atoms with Crippen LogP contribution in [0.5, 0.6) is 0 Å². The van der Waals surface area contributed by atoms with Crippen molar-refractivity contribution in [1.29, 1.82) is 0 Å². The summed E-state index contributed by atoms with van der Waals surface area (Å²) in [5, 5.41) is 7.33. The van der Waals surface area contributed by atoms with E-state index < -0.39 is 6.09 Å². The first-order valence-electron chi connectivity index (χ1n) is 18.3. The topological polar surface area (TPSA) is 196 Å². The number of H-pyrrole nitrogens is 1. The molecule has 5 amide bonds. The van der Waals surface area contributed by atoms with Crippen molar-refractivity contribution in [3.63, 3.8) is 0 Å². The number of ether oxygens (including phenoxy) is 1. The molecule has 5 heterocycles. The number of fused-ring (bicyclic) bond motifs is 1. The van der Waals surface area contributed by atoms with Crippen LogP contribution in [-0.4, -0.2) is 106 Å². The lowest BCUT2D eigenvalue weighted by Crippen LogP contribution is -2.38. The Balaban J connectivity index is 0.000000272. The summed E-state index contributed by atoms with van der Waals surface area (Å²) in [7, 11) is 1.27. The molecule has 3 aromatic heterocycles. The van der Waals surface area contributed by atoms with Crippen LogP contribution in [0.25, 0.3) is 28.4 Å². The van der Waals surface area contributed by atoms with Crippen molar-refractivity contribution in [1.82, 2.24) is 39.8 Å². The van der Waals surface area contributed by atoms with E-state index in [0.717, 1.165) is 74.6 Å². The number of methoxy groups -OCH3 is 1. The molecule has 6 rings (SSSR count). The molecule has 0 bridgehead atoms. The van der Waals surface area contributed by atoms with Crippen molar-refractivity contribution < 1.29 is 33.1 Å². The Kier molecular flexibility index (Phi) is 20.2. The number of anilines is 1. The molecule has 2 aliphatic rings. The van der Waals surface area contributed by atoms with Crippen LogP contribution in [-0.2, 0) is 23.9 Å². The lowest BCUT2D eigenvalue weighted by atomic mass is 10.1. The molecule has 4 aromatic rings. The number of rotatable bonds is 8. The fourth-order valence-corrected chi connectivity index (χ4v) is 4.86. The highest BCUT2D eigenvalue weighted by Crippen LogP contribution is 2.26. The first-order valence-corrected chi connectivity index (χ1v) is 18.3. The fourth-order valence-electron chi connectivity index (χ4n) is 4.86. The van der Waals surface area contributed by atoms with Crippen LogP contribution in [0, 0.1) is 5.92 Å². The molecule has 0 aliphatic carbocycles. The Morgan fingerprint density at radius 1 is 0.889 bits per heavy atom. The molecule has 0 spiro atoms. The van der Waals surface area contributed by atoms with Crippen LogP contribution in [0.4, 0.5) is 10.6 Å². The van der Waals surface area contributed by atoms with Crippen LogP contribution >= 0.6 is 0 Å². The molecule has 0 saturated carbocycles. The normalized spacial score (nSPS) is 12.8. The fraction of sp³-hybridized carbons (Fsp3) is 0.500. The number of hydrogen-bond donors (Lipinski definition) is 4. The third kappa shape index (κ3) is 16.3. The van der Waals surface area contributed by atoms with Gasteiger partial charge in [-0.1, -0.05) is 65.3 Å². The van der Waals surface area contributed by atoms with Crippen LogP contribution < -0.4 is 16.0 Å². The van der Waals surface area contributed by atoms with Gasteiger partial charge in [0.15, 0.2) is 11.6 Å². The predicted molar refractivity (Wildman–Crippen MR) is 207 cm³/mol. The average Bonchev–Trinajstić information content (AvgIpc) is 3.99. The molecule has 54 heavy (non-hydrogen) atoms. The minimum Gasteiger partial charge on any atom is -0.453 e. The van der Waals surface area contributed by atoms with Crippen molar-refractivity contribution >= 4 is 41.9 Å². The van der Waals surface area contributed by atoms with Gasteiger partial charge in [0.05, 0.1) is 44.3 Å².